The van der Waals surface area contributed by atoms with Gasteiger partial charge in [0.25, 0.3) is 0 Å². The number of anilines is 1. The maximum atomic E-state index is 13.5. The number of piperidine rings is 2. The lowest BCUT2D eigenvalue weighted by molar-refractivity contribution is -0.275. The van der Waals surface area contributed by atoms with Crippen LogP contribution in [0.3, 0.4) is 0 Å². The number of aliphatic imine (C=N–C) groups is 1. The second kappa shape index (κ2) is 27.7. The van der Waals surface area contributed by atoms with Gasteiger partial charge in [0.05, 0.1) is 11.7 Å². The summed E-state index contributed by atoms with van der Waals surface area (Å²) in [7, 11) is 0. The Morgan fingerprint density at radius 1 is 0.562 bits per heavy atom. The summed E-state index contributed by atoms with van der Waals surface area (Å²) in [6.07, 6.45) is -3.39. The largest absolute Gasteiger partial charge is 0.573 e. The molecule has 6 aromatic rings. The third kappa shape index (κ3) is 18.0. The number of carbonyl (C=O) groups excluding carboxylic acids is 4. The lowest BCUT2D eigenvalue weighted by Crippen LogP contribution is -2.56. The van der Waals surface area contributed by atoms with E-state index in [9.17, 15) is 45.5 Å². The number of urea groups is 1. The smallest absolute Gasteiger partial charge is 0.406 e. The summed E-state index contributed by atoms with van der Waals surface area (Å²) in [4.78, 5) is 58.8. The van der Waals surface area contributed by atoms with Crippen LogP contribution in [0, 0.1) is 0 Å². The summed E-state index contributed by atoms with van der Waals surface area (Å²) >= 11 is 0. The molecule has 0 spiro atoms. The van der Waals surface area contributed by atoms with Crippen molar-refractivity contribution in [3.8, 4) is 11.5 Å². The van der Waals surface area contributed by atoms with Crippen molar-refractivity contribution in [1.82, 2.24) is 30.7 Å². The minimum absolute atomic E-state index is 0.0165. The van der Waals surface area contributed by atoms with Crippen LogP contribution in [0.25, 0.3) is 0 Å². The topological polar surface area (TPSA) is 157 Å². The van der Waals surface area contributed by atoms with Crippen molar-refractivity contribution in [3.05, 3.63) is 191 Å². The Hall–Kier alpha value is -8.03. The van der Waals surface area contributed by atoms with Crippen molar-refractivity contribution in [3.63, 3.8) is 0 Å². The highest BCUT2D eigenvalue weighted by Crippen LogP contribution is 2.29. The van der Waals surface area contributed by atoms with Gasteiger partial charge in [0.15, 0.2) is 0 Å². The molecule has 2 fully saturated rings. The highest BCUT2D eigenvalue weighted by atomic mass is 19.4. The van der Waals surface area contributed by atoms with Crippen LogP contribution < -0.4 is 30.7 Å². The molecule has 420 valence electrons. The third-order valence-corrected chi connectivity index (χ3v) is 14.2. The Bertz CT molecular complexity index is 3000. The van der Waals surface area contributed by atoms with Gasteiger partial charge in [-0.3, -0.25) is 19.4 Å². The molecule has 4 amide bonds. The normalized spacial score (nSPS) is 17.8. The minimum Gasteiger partial charge on any atom is -0.406 e. The number of amides is 4. The number of rotatable bonds is 12. The summed E-state index contributed by atoms with van der Waals surface area (Å²) in [5.74, 6) is -0.798. The first-order valence-corrected chi connectivity index (χ1v) is 26.4. The standard InChI is InChI=1S/C30H31F3N4O3.C22H27N3O.C8H4F3NO2/c31-30(32,33)40-26-12-10-24(11-13-26)35-29(39)37-20-23-9-5-4-8-22(23)18-27(37)28(38)34-25-14-16-36(17-15-25)19-21-6-2-1-3-7-21;26-22(21-14-18-8-4-5-9-19(18)15-23-21)24-20-10-12-25(13-11-20)16-17-6-2-1-3-7-17;9-8(10,11)14-7-3-1-6(2-4-7)12-5-13/h1-13,25,27H,14-20H2,(H,34,38)(H,35,39);1-9,20-21,23H,10-16H2,(H,24,26);1-4H/t27-;21-;/m00./s1. The number of nitrogens with one attached hydrogen (secondary N) is 4. The molecule has 0 aromatic heterocycles. The van der Waals surface area contributed by atoms with E-state index in [-0.39, 0.29) is 47.6 Å². The van der Waals surface area contributed by atoms with Crippen LogP contribution in [0.5, 0.6) is 11.5 Å². The third-order valence-electron chi connectivity index (χ3n) is 14.2. The highest BCUT2D eigenvalue weighted by molar-refractivity contribution is 5.94. The van der Waals surface area contributed by atoms with E-state index >= 15 is 0 Å². The Balaban J connectivity index is 0.000000179. The molecule has 4 N–H and O–H groups in total. The second-order valence-corrected chi connectivity index (χ2v) is 19.9. The van der Waals surface area contributed by atoms with Gasteiger partial charge in [0.2, 0.25) is 17.9 Å². The zero-order chi connectivity index (χ0) is 56.5. The summed E-state index contributed by atoms with van der Waals surface area (Å²) < 4.78 is 80.0. The first-order chi connectivity index (χ1) is 38.5. The van der Waals surface area contributed by atoms with Crippen molar-refractivity contribution in [1.29, 1.82) is 0 Å². The van der Waals surface area contributed by atoms with Crippen LogP contribution >= 0.6 is 0 Å². The molecule has 80 heavy (non-hydrogen) atoms. The number of likely N-dealkylation sites (tertiary alicyclic amines) is 2. The maximum absolute atomic E-state index is 13.5. The maximum Gasteiger partial charge on any atom is 0.573 e. The fourth-order valence-corrected chi connectivity index (χ4v) is 10.1. The van der Waals surface area contributed by atoms with Crippen LogP contribution in [0.2, 0.25) is 0 Å². The molecule has 4 heterocycles. The van der Waals surface area contributed by atoms with E-state index in [1.807, 2.05) is 42.5 Å². The minimum atomic E-state index is -4.80. The van der Waals surface area contributed by atoms with Crippen LogP contribution in [-0.2, 0) is 53.4 Å². The summed E-state index contributed by atoms with van der Waals surface area (Å²) in [6.45, 7) is 6.72. The van der Waals surface area contributed by atoms with E-state index in [4.69, 9.17) is 0 Å². The first-order valence-electron chi connectivity index (χ1n) is 26.4. The van der Waals surface area contributed by atoms with E-state index < -0.39 is 24.8 Å². The molecule has 2 atom stereocenters. The molecular weight excluding hydrogens is 1040 g/mol. The average molecular weight is 1110 g/mol. The van der Waals surface area contributed by atoms with Gasteiger partial charge in [-0.05, 0) is 114 Å². The van der Waals surface area contributed by atoms with Gasteiger partial charge < -0.3 is 35.6 Å². The molecule has 10 rings (SSSR count). The van der Waals surface area contributed by atoms with Crippen LogP contribution in [0.4, 0.5) is 42.5 Å². The summed E-state index contributed by atoms with van der Waals surface area (Å²) in [5, 5.41) is 12.5. The van der Waals surface area contributed by atoms with E-state index in [0.29, 0.717) is 18.2 Å². The molecule has 20 heteroatoms. The molecular formula is C60H62F6N8O6. The SMILES string of the molecule is O=C(NC1CCN(Cc2ccccc2)CC1)[C@@H]1Cc2ccccc2CN1.O=C(NC1CCN(Cc2ccccc2)CC1)[C@@H]1Cc2ccccc2CN1C(=O)Nc1ccc(OC(F)(F)F)cc1.O=C=Nc1ccc(OC(F)(F)F)cc1. The Morgan fingerprint density at radius 3 is 1.51 bits per heavy atom. The molecule has 0 aliphatic carbocycles. The van der Waals surface area contributed by atoms with Crippen molar-refractivity contribution < 1.29 is 55.0 Å². The summed E-state index contributed by atoms with van der Waals surface area (Å²) in [5.41, 5.74) is 7.70. The molecule has 6 aromatic carbocycles. The van der Waals surface area contributed by atoms with Crippen molar-refractivity contribution in [2.45, 2.75) is 102 Å². The molecule has 0 unspecified atom stereocenters. The molecule has 4 aliphatic heterocycles. The number of hydrogen-bond donors (Lipinski definition) is 4. The van der Waals surface area contributed by atoms with Gasteiger partial charge in [-0.1, -0.05) is 109 Å². The number of nitrogens with zero attached hydrogens (tertiary/aromatic N) is 4. The molecule has 4 aliphatic rings. The van der Waals surface area contributed by atoms with Gasteiger partial charge in [-0.15, -0.1) is 26.3 Å². The number of halogens is 6. The average Bonchev–Trinajstić information content (AvgIpc) is 3.51. The lowest BCUT2D eigenvalue weighted by atomic mass is 9.93. The zero-order valence-corrected chi connectivity index (χ0v) is 43.7. The van der Waals surface area contributed by atoms with E-state index in [1.165, 1.54) is 57.5 Å². The quantitative estimate of drug-likeness (QED) is 0.0532. The fraction of sp³-hybridized carbons (Fsp3) is 0.333. The second-order valence-electron chi connectivity index (χ2n) is 19.9. The number of ether oxygens (including phenoxy) is 2. The van der Waals surface area contributed by atoms with Gasteiger partial charge in [-0.2, -0.15) is 4.99 Å². The zero-order valence-electron chi connectivity index (χ0n) is 43.7. The number of alkyl halides is 6. The van der Waals surface area contributed by atoms with Crippen molar-refractivity contribution >= 4 is 35.3 Å². The van der Waals surface area contributed by atoms with Crippen LogP contribution in [0.15, 0.2) is 163 Å². The van der Waals surface area contributed by atoms with Crippen molar-refractivity contribution in [2.75, 3.05) is 31.5 Å². The Labute approximate surface area is 460 Å². The Kier molecular flexibility index (Phi) is 20.1. The molecule has 0 radical (unpaired) electrons. The fourth-order valence-electron chi connectivity index (χ4n) is 10.1. The number of hydrogen-bond acceptors (Lipinski definition) is 10. The van der Waals surface area contributed by atoms with E-state index in [1.54, 1.807) is 0 Å². The van der Waals surface area contributed by atoms with Gasteiger partial charge >= 0.3 is 18.8 Å². The lowest BCUT2D eigenvalue weighted by Gasteiger charge is -2.38. The molecule has 14 nitrogen and oxygen atoms in total. The first kappa shape index (κ1) is 58.1. The number of isocyanates is 1. The molecule has 2 saturated heterocycles. The van der Waals surface area contributed by atoms with E-state index in [0.717, 1.165) is 113 Å². The van der Waals surface area contributed by atoms with Gasteiger partial charge in [-0.25, -0.2) is 9.59 Å². The number of benzene rings is 6. The predicted octanol–water partition coefficient (Wildman–Crippen LogP) is 10.4. The van der Waals surface area contributed by atoms with Crippen LogP contribution in [-0.4, -0.2) is 102 Å². The molecule has 0 saturated carbocycles. The summed E-state index contributed by atoms with van der Waals surface area (Å²) in [6, 6.07) is 45.4. The number of carbonyl (C=O) groups is 3. The molecule has 0 bridgehead atoms. The van der Waals surface area contributed by atoms with Gasteiger partial charge in [0, 0.05) is 76.5 Å². The predicted molar refractivity (Wildman–Crippen MR) is 289 cm³/mol. The van der Waals surface area contributed by atoms with Crippen LogP contribution in [0.1, 0.15) is 59.1 Å². The number of fused-ring (bicyclic) bond motifs is 2. The van der Waals surface area contributed by atoms with Gasteiger partial charge in [0.1, 0.15) is 17.5 Å². The monoisotopic (exact) mass is 1100 g/mol. The highest BCUT2D eigenvalue weighted by Gasteiger charge is 2.37. The Morgan fingerprint density at radius 2 is 1.01 bits per heavy atom. The van der Waals surface area contributed by atoms with E-state index in [2.05, 4.69) is 112 Å². The van der Waals surface area contributed by atoms with Crippen molar-refractivity contribution in [2.24, 2.45) is 4.99 Å².